The number of nitrogens with zero attached hydrogens (tertiary/aromatic N) is 1. The number of benzene rings is 1. The Morgan fingerprint density at radius 1 is 1.31 bits per heavy atom. The monoisotopic (exact) mass is 389 g/mol. The fourth-order valence-electron chi connectivity index (χ4n) is 3.58. The largest absolute Gasteiger partial charge is 0.325 e. The smallest absolute Gasteiger partial charge is 0.323 e. The zero-order valence-electron chi connectivity index (χ0n) is 13.8. The second kappa shape index (κ2) is 6.41. The predicted octanol–water partition coefficient (Wildman–Crippen LogP) is 3.12. The van der Waals surface area contributed by atoms with Crippen LogP contribution >= 0.6 is 22.9 Å². The van der Waals surface area contributed by atoms with Crippen molar-refractivity contribution in [3.05, 3.63) is 51.2 Å². The van der Waals surface area contributed by atoms with Gasteiger partial charge in [-0.25, -0.2) is 4.79 Å². The lowest BCUT2D eigenvalue weighted by Crippen LogP contribution is -2.46. The van der Waals surface area contributed by atoms with Crippen LogP contribution < -0.4 is 10.6 Å². The zero-order chi connectivity index (χ0) is 18.3. The van der Waals surface area contributed by atoms with E-state index in [9.17, 15) is 14.4 Å². The van der Waals surface area contributed by atoms with Gasteiger partial charge in [-0.15, -0.1) is 11.3 Å². The van der Waals surface area contributed by atoms with Crippen LogP contribution in [0.15, 0.2) is 35.7 Å². The molecule has 1 aliphatic carbocycles. The summed E-state index contributed by atoms with van der Waals surface area (Å²) >= 11 is 7.62. The minimum atomic E-state index is -1.03. The van der Waals surface area contributed by atoms with Crippen molar-refractivity contribution in [2.75, 3.05) is 11.9 Å². The molecular formula is C18H16ClN3O3S. The minimum absolute atomic E-state index is 0.350. The molecular weight excluding hydrogens is 374 g/mol. The summed E-state index contributed by atoms with van der Waals surface area (Å²) in [5, 5.41) is 7.80. The predicted molar refractivity (Wildman–Crippen MR) is 99.3 cm³/mol. The molecule has 2 N–H and O–H groups in total. The Balaban J connectivity index is 1.54. The molecule has 0 bridgehead atoms. The number of carbonyl (C=O) groups is 3. The Morgan fingerprint density at radius 3 is 2.92 bits per heavy atom. The first-order chi connectivity index (χ1) is 12.5. The highest BCUT2D eigenvalue weighted by molar-refractivity contribution is 7.10. The molecule has 1 atom stereocenters. The Bertz CT molecular complexity index is 913. The molecule has 0 radical (unpaired) electrons. The Morgan fingerprint density at radius 2 is 2.12 bits per heavy atom. The highest BCUT2D eigenvalue weighted by Crippen LogP contribution is 2.42. The average molecular weight is 390 g/mol. The van der Waals surface area contributed by atoms with E-state index in [1.165, 1.54) is 0 Å². The summed E-state index contributed by atoms with van der Waals surface area (Å²) < 4.78 is 0. The standard InChI is InChI=1S/C18H16ClN3O3S/c19-12-4-1-2-5-13(12)20-15(23)10-22-16(24)18(21-17(22)25)8-3-6-14-11(18)7-9-26-14/h1-2,4-5,7,9H,3,6,8,10H2,(H,20,23)(H,21,25)/t18-/m1/s1. The van der Waals surface area contributed by atoms with Gasteiger partial charge in [0.15, 0.2) is 0 Å². The molecule has 8 heteroatoms. The first-order valence-electron chi connectivity index (χ1n) is 8.26. The van der Waals surface area contributed by atoms with Gasteiger partial charge in [0.1, 0.15) is 12.1 Å². The average Bonchev–Trinajstić information content (AvgIpc) is 3.18. The third-order valence-electron chi connectivity index (χ3n) is 4.79. The topological polar surface area (TPSA) is 78.5 Å². The van der Waals surface area contributed by atoms with Crippen LogP contribution in [0.3, 0.4) is 0 Å². The number of rotatable bonds is 3. The number of imide groups is 1. The van der Waals surface area contributed by atoms with E-state index in [0.29, 0.717) is 17.1 Å². The van der Waals surface area contributed by atoms with E-state index in [1.54, 1.807) is 35.6 Å². The van der Waals surface area contributed by atoms with Crippen molar-refractivity contribution in [1.82, 2.24) is 10.2 Å². The van der Waals surface area contributed by atoms with Gasteiger partial charge in [0.2, 0.25) is 5.91 Å². The van der Waals surface area contributed by atoms with Gasteiger partial charge < -0.3 is 10.6 Å². The number of aryl methyl sites for hydroxylation is 1. The summed E-state index contributed by atoms with van der Waals surface area (Å²) in [5.41, 5.74) is 0.273. The lowest BCUT2D eigenvalue weighted by Gasteiger charge is -2.31. The molecule has 1 saturated heterocycles. The number of fused-ring (bicyclic) bond motifs is 2. The van der Waals surface area contributed by atoms with Crippen LogP contribution in [-0.2, 0) is 21.5 Å². The van der Waals surface area contributed by atoms with Gasteiger partial charge in [-0.2, -0.15) is 0 Å². The van der Waals surface area contributed by atoms with Crippen LogP contribution in [0.1, 0.15) is 23.3 Å². The summed E-state index contributed by atoms with van der Waals surface area (Å²) in [6.07, 6.45) is 2.27. The number of hydrogen-bond donors (Lipinski definition) is 2. The van der Waals surface area contributed by atoms with E-state index in [1.807, 2.05) is 11.4 Å². The molecule has 2 aromatic rings. The van der Waals surface area contributed by atoms with Crippen LogP contribution in [0.25, 0.3) is 0 Å². The van der Waals surface area contributed by atoms with Gasteiger partial charge >= 0.3 is 6.03 Å². The first-order valence-corrected chi connectivity index (χ1v) is 9.52. The SMILES string of the molecule is O=C(CN1C(=O)N[C@@]2(CCCc3sccc32)C1=O)Nc1ccccc1Cl. The van der Waals surface area contributed by atoms with Crippen molar-refractivity contribution < 1.29 is 14.4 Å². The van der Waals surface area contributed by atoms with E-state index < -0.39 is 17.5 Å². The van der Waals surface area contributed by atoms with Crippen molar-refractivity contribution in [1.29, 1.82) is 0 Å². The van der Waals surface area contributed by atoms with Crippen molar-refractivity contribution in [3.8, 4) is 0 Å². The maximum atomic E-state index is 13.0. The number of nitrogens with one attached hydrogen (secondary N) is 2. The number of anilines is 1. The Labute approximate surface area is 159 Å². The van der Waals surface area contributed by atoms with Gasteiger partial charge in [0.05, 0.1) is 10.7 Å². The highest BCUT2D eigenvalue weighted by atomic mass is 35.5. The number of urea groups is 1. The number of thiophene rings is 1. The molecule has 0 saturated carbocycles. The fraction of sp³-hybridized carbons (Fsp3) is 0.278. The molecule has 2 aliphatic rings. The van der Waals surface area contributed by atoms with Crippen LogP contribution in [0.2, 0.25) is 5.02 Å². The van der Waals surface area contributed by atoms with Gasteiger partial charge in [-0.05, 0) is 42.8 Å². The molecule has 1 aromatic heterocycles. The summed E-state index contributed by atoms with van der Waals surface area (Å²) in [6, 6.07) is 8.16. The molecule has 4 amide bonds. The van der Waals surface area contributed by atoms with Crippen molar-refractivity contribution in [3.63, 3.8) is 0 Å². The molecule has 1 aromatic carbocycles. The molecule has 0 unspecified atom stereocenters. The zero-order valence-corrected chi connectivity index (χ0v) is 15.3. The van der Waals surface area contributed by atoms with Gasteiger partial charge in [0.25, 0.3) is 5.91 Å². The molecule has 134 valence electrons. The van der Waals surface area contributed by atoms with Gasteiger partial charge in [-0.1, -0.05) is 23.7 Å². The maximum Gasteiger partial charge on any atom is 0.325 e. The third-order valence-corrected chi connectivity index (χ3v) is 6.10. The lowest BCUT2D eigenvalue weighted by molar-refractivity contribution is -0.134. The van der Waals surface area contributed by atoms with Crippen LogP contribution in [0.4, 0.5) is 10.5 Å². The van der Waals surface area contributed by atoms with Crippen LogP contribution in [-0.4, -0.2) is 29.3 Å². The number of halogens is 1. The van der Waals surface area contributed by atoms with Crippen molar-refractivity contribution >= 4 is 46.5 Å². The molecule has 1 spiro atoms. The summed E-state index contributed by atoms with van der Waals surface area (Å²) in [5.74, 6) is -0.837. The van der Waals surface area contributed by atoms with Crippen LogP contribution in [0.5, 0.6) is 0 Å². The number of carbonyl (C=O) groups excluding carboxylic acids is 3. The summed E-state index contributed by atoms with van der Waals surface area (Å²) in [7, 11) is 0. The van der Waals surface area contributed by atoms with Gasteiger partial charge in [-0.3, -0.25) is 14.5 Å². The van der Waals surface area contributed by atoms with E-state index in [0.717, 1.165) is 28.2 Å². The molecule has 1 aliphatic heterocycles. The molecule has 6 nitrogen and oxygen atoms in total. The van der Waals surface area contributed by atoms with Crippen molar-refractivity contribution in [2.45, 2.75) is 24.8 Å². The molecule has 4 rings (SSSR count). The fourth-order valence-corrected chi connectivity index (χ4v) is 4.76. The number of hydrogen-bond acceptors (Lipinski definition) is 4. The third kappa shape index (κ3) is 2.68. The Hall–Kier alpha value is -2.38. The maximum absolute atomic E-state index is 13.0. The molecule has 2 heterocycles. The molecule has 1 fully saturated rings. The van der Waals surface area contributed by atoms with Crippen molar-refractivity contribution in [2.24, 2.45) is 0 Å². The second-order valence-corrected chi connectivity index (χ2v) is 7.77. The quantitative estimate of drug-likeness (QED) is 0.791. The Kier molecular flexibility index (Phi) is 4.20. The highest BCUT2D eigenvalue weighted by Gasteiger charge is 2.54. The lowest BCUT2D eigenvalue weighted by atomic mass is 9.80. The minimum Gasteiger partial charge on any atom is -0.323 e. The number of para-hydroxylation sites is 1. The second-order valence-electron chi connectivity index (χ2n) is 6.37. The van der Waals surface area contributed by atoms with E-state index in [4.69, 9.17) is 11.6 Å². The summed E-state index contributed by atoms with van der Waals surface area (Å²) in [6.45, 7) is -0.350. The first kappa shape index (κ1) is 17.1. The van der Waals surface area contributed by atoms with Crippen LogP contribution in [0, 0.1) is 0 Å². The van der Waals surface area contributed by atoms with E-state index >= 15 is 0 Å². The van der Waals surface area contributed by atoms with Gasteiger partial charge in [0, 0.05) is 10.4 Å². The van der Waals surface area contributed by atoms with E-state index in [-0.39, 0.29) is 12.5 Å². The number of amides is 4. The normalized spacial score (nSPS) is 21.7. The molecule has 26 heavy (non-hydrogen) atoms. The van der Waals surface area contributed by atoms with E-state index in [2.05, 4.69) is 10.6 Å². The summed E-state index contributed by atoms with van der Waals surface area (Å²) in [4.78, 5) is 39.9.